The van der Waals surface area contributed by atoms with E-state index in [1.807, 2.05) is 24.0 Å². The van der Waals surface area contributed by atoms with Gasteiger partial charge in [-0.1, -0.05) is 12.1 Å². The Kier molecular flexibility index (Phi) is 5.95. The lowest BCUT2D eigenvalue weighted by Gasteiger charge is -2.33. The molecule has 0 spiro atoms. The third kappa shape index (κ3) is 4.31. The van der Waals surface area contributed by atoms with Crippen molar-refractivity contribution in [2.24, 2.45) is 0 Å². The lowest BCUT2D eigenvalue weighted by molar-refractivity contribution is -0.133. The van der Waals surface area contributed by atoms with E-state index < -0.39 is 5.97 Å². The van der Waals surface area contributed by atoms with Gasteiger partial charge in [0.1, 0.15) is 0 Å². The molecule has 1 N–H and O–H groups in total. The van der Waals surface area contributed by atoms with Crippen LogP contribution in [0.2, 0.25) is 0 Å². The van der Waals surface area contributed by atoms with E-state index in [4.69, 9.17) is 9.84 Å². The predicted octanol–water partition coefficient (Wildman–Crippen LogP) is 2.52. The van der Waals surface area contributed by atoms with E-state index >= 15 is 0 Å². The number of rotatable bonds is 6. The van der Waals surface area contributed by atoms with E-state index in [9.17, 15) is 9.59 Å². The minimum Gasteiger partial charge on any atom is -0.478 e. The molecule has 0 radical (unpaired) electrons. The Balaban J connectivity index is 1.95. The summed E-state index contributed by atoms with van der Waals surface area (Å²) in [6.45, 7) is 4.53. The second-order valence-electron chi connectivity index (χ2n) is 5.55. The van der Waals surface area contributed by atoms with Crippen molar-refractivity contribution in [1.29, 1.82) is 0 Å². The maximum Gasteiger partial charge on any atom is 0.335 e. The average molecular weight is 305 g/mol. The lowest BCUT2D eigenvalue weighted by atomic mass is 9.90. The number of nitrogens with zero attached hydrogens (tertiary/aromatic N) is 1. The van der Waals surface area contributed by atoms with Gasteiger partial charge in [-0.25, -0.2) is 4.79 Å². The summed E-state index contributed by atoms with van der Waals surface area (Å²) in [6.07, 6.45) is 2.44. The van der Waals surface area contributed by atoms with Crippen LogP contribution in [0.15, 0.2) is 24.3 Å². The van der Waals surface area contributed by atoms with E-state index in [-0.39, 0.29) is 11.8 Å². The molecule has 0 bridgehead atoms. The summed E-state index contributed by atoms with van der Waals surface area (Å²) in [5.74, 6) is -0.490. The van der Waals surface area contributed by atoms with Crippen LogP contribution >= 0.6 is 0 Å². The van der Waals surface area contributed by atoms with Gasteiger partial charge in [0.2, 0.25) is 5.91 Å². The molecule has 22 heavy (non-hydrogen) atoms. The van der Waals surface area contributed by atoms with Crippen molar-refractivity contribution < 1.29 is 19.4 Å². The van der Waals surface area contributed by atoms with Crippen LogP contribution < -0.4 is 0 Å². The van der Waals surface area contributed by atoms with Crippen LogP contribution in [0.4, 0.5) is 0 Å². The minimum atomic E-state index is -0.914. The number of aromatic carboxylic acids is 1. The Morgan fingerprint density at radius 2 is 2.05 bits per heavy atom. The highest BCUT2D eigenvalue weighted by Crippen LogP contribution is 2.27. The van der Waals surface area contributed by atoms with Crippen LogP contribution in [0, 0.1) is 0 Å². The summed E-state index contributed by atoms with van der Waals surface area (Å²) < 4.78 is 5.24. The molecule has 0 aliphatic carbocycles. The van der Waals surface area contributed by atoms with E-state index in [1.165, 1.54) is 0 Å². The van der Waals surface area contributed by atoms with Crippen LogP contribution in [-0.2, 0) is 9.53 Å². The first-order chi connectivity index (χ1) is 10.6. The molecule has 1 aliphatic rings. The molecule has 1 saturated heterocycles. The first-order valence-electron chi connectivity index (χ1n) is 7.80. The van der Waals surface area contributed by atoms with Crippen molar-refractivity contribution in [3.63, 3.8) is 0 Å². The van der Waals surface area contributed by atoms with Crippen LogP contribution in [0.1, 0.15) is 48.0 Å². The quantitative estimate of drug-likeness (QED) is 0.820. The molecule has 120 valence electrons. The molecule has 2 rings (SSSR count). The van der Waals surface area contributed by atoms with Gasteiger partial charge in [0, 0.05) is 25.6 Å². The average Bonchev–Trinajstić information content (AvgIpc) is 2.55. The van der Waals surface area contributed by atoms with E-state index in [0.717, 1.165) is 24.9 Å². The highest BCUT2D eigenvalue weighted by atomic mass is 16.5. The Hall–Kier alpha value is -1.88. The van der Waals surface area contributed by atoms with Gasteiger partial charge in [-0.3, -0.25) is 4.79 Å². The van der Waals surface area contributed by atoms with Gasteiger partial charge < -0.3 is 14.7 Å². The van der Waals surface area contributed by atoms with Crippen molar-refractivity contribution in [2.45, 2.75) is 32.1 Å². The van der Waals surface area contributed by atoms with Crippen LogP contribution in [-0.4, -0.2) is 48.2 Å². The third-order valence-electron chi connectivity index (χ3n) is 4.07. The number of amides is 1. The highest BCUT2D eigenvalue weighted by Gasteiger charge is 2.24. The second-order valence-corrected chi connectivity index (χ2v) is 5.55. The number of benzene rings is 1. The predicted molar refractivity (Wildman–Crippen MR) is 83.1 cm³/mol. The first kappa shape index (κ1) is 16.5. The third-order valence-corrected chi connectivity index (χ3v) is 4.07. The summed E-state index contributed by atoms with van der Waals surface area (Å²) in [5.41, 5.74) is 1.40. The van der Waals surface area contributed by atoms with Gasteiger partial charge in [-0.15, -0.1) is 0 Å². The fourth-order valence-corrected chi connectivity index (χ4v) is 2.84. The van der Waals surface area contributed by atoms with Crippen molar-refractivity contribution >= 4 is 11.9 Å². The number of carboxylic acids is 1. The number of likely N-dealkylation sites (tertiary alicyclic amines) is 1. The van der Waals surface area contributed by atoms with E-state index in [1.54, 1.807) is 12.1 Å². The fourth-order valence-electron chi connectivity index (χ4n) is 2.84. The van der Waals surface area contributed by atoms with Gasteiger partial charge in [0.25, 0.3) is 0 Å². The molecular formula is C17H23NO4. The Morgan fingerprint density at radius 1 is 1.32 bits per heavy atom. The van der Waals surface area contributed by atoms with E-state index in [0.29, 0.717) is 31.7 Å². The number of carbonyl (C=O) groups excluding carboxylic acids is 1. The maximum atomic E-state index is 12.2. The monoisotopic (exact) mass is 305 g/mol. The summed E-state index contributed by atoms with van der Waals surface area (Å²) in [4.78, 5) is 25.0. The van der Waals surface area contributed by atoms with E-state index in [2.05, 4.69) is 0 Å². The number of carbonyl (C=O) groups is 2. The highest BCUT2D eigenvalue weighted by molar-refractivity contribution is 5.87. The first-order valence-corrected chi connectivity index (χ1v) is 7.80. The fraction of sp³-hybridized carbons (Fsp3) is 0.529. The van der Waals surface area contributed by atoms with Gasteiger partial charge in [-0.05, 0) is 37.5 Å². The van der Waals surface area contributed by atoms with Crippen molar-refractivity contribution in [3.05, 3.63) is 35.4 Å². The molecule has 5 heteroatoms. The molecule has 1 aliphatic heterocycles. The zero-order valence-corrected chi connectivity index (χ0v) is 13.0. The van der Waals surface area contributed by atoms with Crippen molar-refractivity contribution in [1.82, 2.24) is 4.90 Å². The summed E-state index contributed by atoms with van der Waals surface area (Å²) >= 11 is 0. The van der Waals surface area contributed by atoms with Gasteiger partial charge in [0.05, 0.1) is 18.6 Å². The molecule has 0 unspecified atom stereocenters. The second kappa shape index (κ2) is 7.94. The van der Waals surface area contributed by atoms with Gasteiger partial charge >= 0.3 is 5.97 Å². The standard InChI is InChI=1S/C17H23NO4/c1-2-22-11-9-16(19)18-10-3-4-15(12-18)13-5-7-14(8-6-13)17(20)21/h5-8,15H,2-4,9-12H2,1H3,(H,20,21)/t15-/m0/s1. The maximum absolute atomic E-state index is 12.2. The number of carboxylic acid groups (broad SMARTS) is 1. The SMILES string of the molecule is CCOCCC(=O)N1CCC[C@H](c2ccc(C(=O)O)cc2)C1. The largest absolute Gasteiger partial charge is 0.478 e. The molecule has 1 fully saturated rings. The Bertz CT molecular complexity index is 512. The molecule has 1 aromatic carbocycles. The molecule has 1 atom stereocenters. The summed E-state index contributed by atoms with van der Waals surface area (Å²) in [5, 5.41) is 8.94. The van der Waals surface area contributed by atoms with Crippen molar-refractivity contribution in [2.75, 3.05) is 26.3 Å². The molecule has 5 nitrogen and oxygen atoms in total. The normalized spacial score (nSPS) is 18.2. The zero-order valence-electron chi connectivity index (χ0n) is 13.0. The van der Waals surface area contributed by atoms with Crippen LogP contribution in [0.3, 0.4) is 0 Å². The Labute approximate surface area is 130 Å². The van der Waals surface area contributed by atoms with Crippen LogP contribution in [0.25, 0.3) is 0 Å². The number of piperidine rings is 1. The minimum absolute atomic E-state index is 0.139. The van der Waals surface area contributed by atoms with Gasteiger partial charge in [0.15, 0.2) is 0 Å². The molecule has 1 aromatic rings. The van der Waals surface area contributed by atoms with Crippen molar-refractivity contribution in [3.8, 4) is 0 Å². The molecule has 0 aromatic heterocycles. The van der Waals surface area contributed by atoms with Gasteiger partial charge in [-0.2, -0.15) is 0 Å². The molecule has 1 heterocycles. The smallest absolute Gasteiger partial charge is 0.335 e. The summed E-state index contributed by atoms with van der Waals surface area (Å²) in [6, 6.07) is 6.99. The zero-order chi connectivity index (χ0) is 15.9. The summed E-state index contributed by atoms with van der Waals surface area (Å²) in [7, 11) is 0. The molecule has 0 saturated carbocycles. The lowest BCUT2D eigenvalue weighted by Crippen LogP contribution is -2.39. The topological polar surface area (TPSA) is 66.8 Å². The molecular weight excluding hydrogens is 282 g/mol. The number of ether oxygens (including phenoxy) is 1. The van der Waals surface area contributed by atoms with Crippen LogP contribution in [0.5, 0.6) is 0 Å². The number of hydrogen-bond acceptors (Lipinski definition) is 3. The Morgan fingerprint density at radius 3 is 2.68 bits per heavy atom. The number of hydrogen-bond donors (Lipinski definition) is 1. The molecule has 1 amide bonds.